The fourth-order valence-corrected chi connectivity index (χ4v) is 2.94. The van der Waals surface area contributed by atoms with Gasteiger partial charge in [0.1, 0.15) is 0 Å². The van der Waals surface area contributed by atoms with Crippen molar-refractivity contribution in [2.45, 2.75) is 18.9 Å². The van der Waals surface area contributed by atoms with Crippen molar-refractivity contribution in [1.82, 2.24) is 10.2 Å². The van der Waals surface area contributed by atoms with Crippen molar-refractivity contribution < 1.29 is 0 Å². The number of aromatic amines is 1. The third-order valence-corrected chi connectivity index (χ3v) is 4.04. The van der Waals surface area contributed by atoms with Crippen molar-refractivity contribution in [3.63, 3.8) is 0 Å². The van der Waals surface area contributed by atoms with E-state index in [1.54, 1.807) is 11.3 Å². The number of nitrogens with two attached hydrogens (primary N) is 1. The van der Waals surface area contributed by atoms with Crippen molar-refractivity contribution in [3.8, 4) is 10.6 Å². The van der Waals surface area contributed by atoms with E-state index in [0.717, 1.165) is 37.4 Å². The molecule has 2 aromatic rings. The second-order valence-corrected chi connectivity index (χ2v) is 5.41. The van der Waals surface area contributed by atoms with E-state index in [2.05, 4.69) is 38.7 Å². The monoisotopic (exact) mass is 248 g/mol. The second kappa shape index (κ2) is 4.50. The molecule has 1 saturated heterocycles. The number of H-pyrrole nitrogens is 1. The number of aromatic nitrogens is 2. The van der Waals surface area contributed by atoms with Gasteiger partial charge in [-0.2, -0.15) is 5.10 Å². The zero-order chi connectivity index (χ0) is 11.7. The molecule has 3 N–H and O–H groups in total. The van der Waals surface area contributed by atoms with E-state index in [0.29, 0.717) is 0 Å². The summed E-state index contributed by atoms with van der Waals surface area (Å²) in [6.07, 6.45) is 2.28. The molecule has 3 heterocycles. The highest BCUT2D eigenvalue weighted by atomic mass is 32.1. The molecule has 3 rings (SSSR count). The molecule has 0 aliphatic carbocycles. The zero-order valence-corrected chi connectivity index (χ0v) is 10.4. The summed E-state index contributed by atoms with van der Waals surface area (Å²) >= 11 is 1.72. The lowest BCUT2D eigenvalue weighted by atomic mass is 10.1. The van der Waals surface area contributed by atoms with Crippen LogP contribution >= 0.6 is 11.3 Å². The Bertz CT molecular complexity index is 476. The molecule has 0 unspecified atom stereocenters. The maximum Gasteiger partial charge on any atom is 0.151 e. The molecule has 0 amide bonds. The summed E-state index contributed by atoms with van der Waals surface area (Å²) in [6, 6.07) is 6.55. The Morgan fingerprint density at radius 1 is 1.53 bits per heavy atom. The minimum Gasteiger partial charge on any atom is -0.354 e. The van der Waals surface area contributed by atoms with E-state index >= 15 is 0 Å². The topological polar surface area (TPSA) is 57.9 Å². The summed E-state index contributed by atoms with van der Waals surface area (Å²) in [5.41, 5.74) is 7.08. The first-order chi connectivity index (χ1) is 8.33. The van der Waals surface area contributed by atoms with Crippen molar-refractivity contribution in [1.29, 1.82) is 0 Å². The highest BCUT2D eigenvalue weighted by Crippen LogP contribution is 2.26. The summed E-state index contributed by atoms with van der Waals surface area (Å²) in [5, 5.41) is 9.56. The third-order valence-electron chi connectivity index (χ3n) is 3.13. The molecule has 0 aromatic carbocycles. The van der Waals surface area contributed by atoms with Crippen LogP contribution in [-0.2, 0) is 0 Å². The molecule has 90 valence electrons. The predicted molar refractivity (Wildman–Crippen MR) is 71.3 cm³/mol. The molecule has 1 aliphatic rings. The second-order valence-electron chi connectivity index (χ2n) is 4.47. The molecule has 0 saturated carbocycles. The Kier molecular flexibility index (Phi) is 2.86. The third kappa shape index (κ3) is 2.21. The van der Waals surface area contributed by atoms with Gasteiger partial charge in [0.15, 0.2) is 5.82 Å². The van der Waals surface area contributed by atoms with Gasteiger partial charge in [0.05, 0.1) is 10.6 Å². The number of nitrogens with one attached hydrogen (secondary N) is 1. The minimum atomic E-state index is 0.283. The SMILES string of the molecule is N[C@@H]1CCCN(c2cc(-c3cccs3)[nH]n2)C1. The Hall–Kier alpha value is -1.33. The Labute approximate surface area is 104 Å². The number of nitrogens with zero attached hydrogens (tertiary/aromatic N) is 2. The van der Waals surface area contributed by atoms with E-state index in [-0.39, 0.29) is 6.04 Å². The standard InChI is InChI=1S/C12H16N4S/c13-9-3-1-5-16(8-9)12-7-10(14-15-12)11-4-2-6-17-11/h2,4,6-7,9H,1,3,5,8,13H2,(H,14,15)/t9-/m1/s1. The van der Waals surface area contributed by atoms with E-state index in [1.165, 1.54) is 4.88 Å². The van der Waals surface area contributed by atoms with Crippen molar-refractivity contribution >= 4 is 17.2 Å². The van der Waals surface area contributed by atoms with Gasteiger partial charge in [-0.3, -0.25) is 5.10 Å². The van der Waals surface area contributed by atoms with Crippen molar-refractivity contribution in [3.05, 3.63) is 23.6 Å². The number of hydrogen-bond acceptors (Lipinski definition) is 4. The molecule has 5 heteroatoms. The van der Waals surface area contributed by atoms with Crippen molar-refractivity contribution in [2.24, 2.45) is 5.73 Å². The summed E-state index contributed by atoms with van der Waals surface area (Å²) in [5.74, 6) is 1.02. The van der Waals surface area contributed by atoms with E-state index in [4.69, 9.17) is 5.73 Å². The molecule has 17 heavy (non-hydrogen) atoms. The lowest BCUT2D eigenvalue weighted by Gasteiger charge is -2.30. The number of hydrogen-bond donors (Lipinski definition) is 2. The van der Waals surface area contributed by atoms with Gasteiger partial charge in [0.25, 0.3) is 0 Å². The highest BCUT2D eigenvalue weighted by Gasteiger charge is 2.19. The zero-order valence-electron chi connectivity index (χ0n) is 9.60. The number of anilines is 1. The molecule has 2 aromatic heterocycles. The Morgan fingerprint density at radius 3 is 3.24 bits per heavy atom. The number of piperidine rings is 1. The van der Waals surface area contributed by atoms with Crippen LogP contribution in [0.25, 0.3) is 10.6 Å². The van der Waals surface area contributed by atoms with Gasteiger partial charge in [-0.05, 0) is 24.3 Å². The summed E-state index contributed by atoms with van der Waals surface area (Å²) in [4.78, 5) is 3.49. The maximum atomic E-state index is 5.99. The van der Waals surface area contributed by atoms with Gasteiger partial charge in [0.2, 0.25) is 0 Å². The van der Waals surface area contributed by atoms with Crippen LogP contribution in [0, 0.1) is 0 Å². The largest absolute Gasteiger partial charge is 0.354 e. The van der Waals surface area contributed by atoms with Gasteiger partial charge in [-0.1, -0.05) is 6.07 Å². The molecule has 1 atom stereocenters. The fourth-order valence-electron chi connectivity index (χ4n) is 2.25. The van der Waals surface area contributed by atoms with Crippen LogP contribution in [0.5, 0.6) is 0 Å². The molecule has 0 bridgehead atoms. The summed E-state index contributed by atoms with van der Waals surface area (Å²) in [6.45, 7) is 1.97. The van der Waals surface area contributed by atoms with Crippen molar-refractivity contribution in [2.75, 3.05) is 18.0 Å². The van der Waals surface area contributed by atoms with Crippen LogP contribution in [0.2, 0.25) is 0 Å². The van der Waals surface area contributed by atoms with Gasteiger partial charge in [0, 0.05) is 25.2 Å². The van der Waals surface area contributed by atoms with E-state index < -0.39 is 0 Å². The molecule has 1 aliphatic heterocycles. The van der Waals surface area contributed by atoms with Gasteiger partial charge in [-0.15, -0.1) is 11.3 Å². The molecule has 1 fully saturated rings. The van der Waals surface area contributed by atoms with Crippen LogP contribution in [-0.4, -0.2) is 29.3 Å². The van der Waals surface area contributed by atoms with E-state index in [9.17, 15) is 0 Å². The molecular weight excluding hydrogens is 232 g/mol. The van der Waals surface area contributed by atoms with Crippen LogP contribution in [0.3, 0.4) is 0 Å². The predicted octanol–water partition coefficient (Wildman–Crippen LogP) is 2.07. The first-order valence-corrected chi connectivity index (χ1v) is 6.81. The Balaban J connectivity index is 1.80. The van der Waals surface area contributed by atoms with Crippen LogP contribution in [0.15, 0.2) is 23.6 Å². The average molecular weight is 248 g/mol. The van der Waals surface area contributed by atoms with Gasteiger partial charge >= 0.3 is 0 Å². The summed E-state index contributed by atoms with van der Waals surface area (Å²) in [7, 11) is 0. The molecule has 4 nitrogen and oxygen atoms in total. The lowest BCUT2D eigenvalue weighted by Crippen LogP contribution is -2.43. The van der Waals surface area contributed by atoms with Crippen LogP contribution < -0.4 is 10.6 Å². The van der Waals surface area contributed by atoms with Crippen LogP contribution in [0.4, 0.5) is 5.82 Å². The first-order valence-electron chi connectivity index (χ1n) is 5.93. The minimum absolute atomic E-state index is 0.283. The average Bonchev–Trinajstić information content (AvgIpc) is 3.00. The van der Waals surface area contributed by atoms with Gasteiger partial charge < -0.3 is 10.6 Å². The number of thiophene rings is 1. The quantitative estimate of drug-likeness (QED) is 0.855. The molecule has 0 radical (unpaired) electrons. The first kappa shape index (κ1) is 10.8. The smallest absolute Gasteiger partial charge is 0.151 e. The van der Waals surface area contributed by atoms with Crippen LogP contribution in [0.1, 0.15) is 12.8 Å². The molecule has 0 spiro atoms. The van der Waals surface area contributed by atoms with Gasteiger partial charge in [-0.25, -0.2) is 0 Å². The lowest BCUT2D eigenvalue weighted by molar-refractivity contribution is 0.503. The Morgan fingerprint density at radius 2 is 2.47 bits per heavy atom. The highest BCUT2D eigenvalue weighted by molar-refractivity contribution is 7.13. The van der Waals surface area contributed by atoms with E-state index in [1.807, 2.05) is 0 Å². The normalized spacial score (nSPS) is 20.8. The number of rotatable bonds is 2. The fraction of sp³-hybridized carbons (Fsp3) is 0.417. The molecular formula is C12H16N4S. The summed E-state index contributed by atoms with van der Waals surface area (Å²) < 4.78 is 0. The maximum absolute atomic E-state index is 5.99.